The van der Waals surface area contributed by atoms with E-state index in [0.717, 1.165) is 6.42 Å². The third kappa shape index (κ3) is 1.41. The molecule has 58 valence electrons. The number of rotatable bonds is 0. The fraction of sp³-hybridized carbons (Fsp3) is 0.111. The van der Waals surface area contributed by atoms with E-state index >= 15 is 0 Å². The SMILES string of the molecule is C1=CNc2ccccc2C1.O. The van der Waals surface area contributed by atoms with Gasteiger partial charge in [-0.05, 0) is 24.3 Å². The second kappa shape index (κ2) is 3.21. The van der Waals surface area contributed by atoms with Gasteiger partial charge in [0.15, 0.2) is 0 Å². The number of fused-ring (bicyclic) bond motifs is 1. The van der Waals surface area contributed by atoms with E-state index in [4.69, 9.17) is 0 Å². The van der Waals surface area contributed by atoms with Crippen molar-refractivity contribution in [3.8, 4) is 0 Å². The maximum Gasteiger partial charge on any atom is 0.0415 e. The minimum atomic E-state index is 0. The molecule has 0 aliphatic carbocycles. The van der Waals surface area contributed by atoms with Gasteiger partial charge in [0.25, 0.3) is 0 Å². The fourth-order valence-electron chi connectivity index (χ4n) is 1.17. The first-order valence-corrected chi connectivity index (χ1v) is 3.46. The number of allylic oxidation sites excluding steroid dienone is 1. The van der Waals surface area contributed by atoms with Crippen molar-refractivity contribution in [3.05, 3.63) is 42.1 Å². The molecule has 1 heterocycles. The topological polar surface area (TPSA) is 43.5 Å². The predicted octanol–water partition coefficient (Wildman–Crippen LogP) is 1.34. The Kier molecular flexibility index (Phi) is 2.28. The smallest absolute Gasteiger partial charge is 0.0415 e. The van der Waals surface area contributed by atoms with Gasteiger partial charge in [0.1, 0.15) is 0 Å². The summed E-state index contributed by atoms with van der Waals surface area (Å²) in [5.41, 5.74) is 2.62. The molecule has 1 aromatic carbocycles. The first-order chi connectivity index (χ1) is 4.97. The molecule has 0 fully saturated rings. The lowest BCUT2D eigenvalue weighted by molar-refractivity contribution is 0.824. The van der Waals surface area contributed by atoms with Gasteiger partial charge in [0.2, 0.25) is 0 Å². The van der Waals surface area contributed by atoms with E-state index in [1.54, 1.807) is 0 Å². The van der Waals surface area contributed by atoms with Crippen molar-refractivity contribution in [2.75, 3.05) is 5.32 Å². The van der Waals surface area contributed by atoms with Gasteiger partial charge >= 0.3 is 0 Å². The molecule has 0 bridgehead atoms. The molecule has 0 aromatic heterocycles. The Balaban J connectivity index is 0.000000605. The fourth-order valence-corrected chi connectivity index (χ4v) is 1.17. The molecule has 0 atom stereocenters. The zero-order chi connectivity index (χ0) is 6.81. The van der Waals surface area contributed by atoms with Crippen LogP contribution >= 0.6 is 0 Å². The maximum atomic E-state index is 3.18. The molecule has 2 nitrogen and oxygen atoms in total. The van der Waals surface area contributed by atoms with Crippen molar-refractivity contribution >= 4 is 5.69 Å². The van der Waals surface area contributed by atoms with Gasteiger partial charge in [-0.2, -0.15) is 0 Å². The van der Waals surface area contributed by atoms with Crippen molar-refractivity contribution in [1.82, 2.24) is 0 Å². The van der Waals surface area contributed by atoms with Gasteiger partial charge in [0.05, 0.1) is 0 Å². The van der Waals surface area contributed by atoms with Gasteiger partial charge in [-0.3, -0.25) is 0 Å². The van der Waals surface area contributed by atoms with E-state index in [9.17, 15) is 0 Å². The lowest BCUT2D eigenvalue weighted by Gasteiger charge is -2.10. The first-order valence-electron chi connectivity index (χ1n) is 3.46. The van der Waals surface area contributed by atoms with Crippen LogP contribution in [0.25, 0.3) is 0 Å². The lowest BCUT2D eigenvalue weighted by Crippen LogP contribution is -1.98. The highest BCUT2D eigenvalue weighted by molar-refractivity contribution is 5.55. The number of hydrogen-bond donors (Lipinski definition) is 1. The van der Waals surface area contributed by atoms with E-state index in [2.05, 4.69) is 29.6 Å². The number of benzene rings is 1. The summed E-state index contributed by atoms with van der Waals surface area (Å²) in [6.07, 6.45) is 5.17. The molecule has 1 aliphatic rings. The predicted molar refractivity (Wildman–Crippen MR) is 46.5 cm³/mol. The summed E-state index contributed by atoms with van der Waals surface area (Å²) in [6.45, 7) is 0. The van der Waals surface area contributed by atoms with E-state index in [1.165, 1.54) is 11.3 Å². The van der Waals surface area contributed by atoms with Crippen molar-refractivity contribution in [2.24, 2.45) is 0 Å². The van der Waals surface area contributed by atoms with Crippen LogP contribution in [0.15, 0.2) is 36.5 Å². The van der Waals surface area contributed by atoms with Crippen LogP contribution in [-0.2, 0) is 6.42 Å². The van der Waals surface area contributed by atoms with Gasteiger partial charge in [-0.25, -0.2) is 0 Å². The Labute approximate surface area is 65.9 Å². The molecule has 0 radical (unpaired) electrons. The summed E-state index contributed by atoms with van der Waals surface area (Å²) in [5.74, 6) is 0. The largest absolute Gasteiger partial charge is 0.412 e. The third-order valence-corrected chi connectivity index (χ3v) is 1.71. The molecular formula is C9H11NO. The number of para-hydroxylation sites is 1. The van der Waals surface area contributed by atoms with Crippen LogP contribution in [0.1, 0.15) is 5.56 Å². The zero-order valence-corrected chi connectivity index (χ0v) is 6.17. The second-order valence-electron chi connectivity index (χ2n) is 2.41. The number of hydrogen-bond acceptors (Lipinski definition) is 1. The summed E-state index contributed by atoms with van der Waals surface area (Å²) in [5, 5.41) is 3.18. The van der Waals surface area contributed by atoms with Crippen molar-refractivity contribution < 1.29 is 5.48 Å². The lowest BCUT2D eigenvalue weighted by atomic mass is 10.1. The average Bonchev–Trinajstić information content (AvgIpc) is 2.05. The molecule has 3 N–H and O–H groups in total. The summed E-state index contributed by atoms with van der Waals surface area (Å²) < 4.78 is 0. The maximum absolute atomic E-state index is 3.18. The van der Waals surface area contributed by atoms with Crippen molar-refractivity contribution in [1.29, 1.82) is 0 Å². The third-order valence-electron chi connectivity index (χ3n) is 1.71. The summed E-state index contributed by atoms with van der Waals surface area (Å²) in [4.78, 5) is 0. The molecule has 0 saturated carbocycles. The Hall–Kier alpha value is -1.28. The highest BCUT2D eigenvalue weighted by Gasteiger charge is 1.99. The van der Waals surface area contributed by atoms with E-state index in [-0.39, 0.29) is 5.48 Å². The second-order valence-corrected chi connectivity index (χ2v) is 2.41. The van der Waals surface area contributed by atoms with E-state index in [0.29, 0.717) is 0 Å². The van der Waals surface area contributed by atoms with Gasteiger partial charge in [-0.1, -0.05) is 24.3 Å². The van der Waals surface area contributed by atoms with Crippen LogP contribution in [0.3, 0.4) is 0 Å². The highest BCUT2D eigenvalue weighted by atomic mass is 16.0. The standard InChI is InChI=1S/C9H9N.H2O/c1-2-6-9-8(4-1)5-3-7-10-9;/h1-4,6-7,10H,5H2;1H2. The molecule has 0 amide bonds. The first kappa shape index (κ1) is 7.82. The Morgan fingerprint density at radius 1 is 1.18 bits per heavy atom. The van der Waals surface area contributed by atoms with Crippen LogP contribution in [-0.4, -0.2) is 5.48 Å². The Morgan fingerprint density at radius 3 is 2.82 bits per heavy atom. The van der Waals surface area contributed by atoms with Crippen LogP contribution in [0.5, 0.6) is 0 Å². The van der Waals surface area contributed by atoms with Crippen molar-refractivity contribution in [3.63, 3.8) is 0 Å². The normalized spacial score (nSPS) is 12.7. The minimum Gasteiger partial charge on any atom is -0.412 e. The number of nitrogens with one attached hydrogen (secondary N) is 1. The molecule has 2 rings (SSSR count). The van der Waals surface area contributed by atoms with Gasteiger partial charge in [-0.15, -0.1) is 0 Å². The Bertz CT molecular complexity index is 241. The molecule has 2 heteroatoms. The van der Waals surface area contributed by atoms with Crippen LogP contribution in [0.2, 0.25) is 0 Å². The average molecular weight is 149 g/mol. The van der Waals surface area contributed by atoms with Crippen LogP contribution in [0.4, 0.5) is 5.69 Å². The quantitative estimate of drug-likeness (QED) is 0.594. The highest BCUT2D eigenvalue weighted by Crippen LogP contribution is 2.18. The monoisotopic (exact) mass is 149 g/mol. The van der Waals surface area contributed by atoms with Crippen molar-refractivity contribution in [2.45, 2.75) is 6.42 Å². The molecular weight excluding hydrogens is 138 g/mol. The van der Waals surface area contributed by atoms with Crippen LogP contribution < -0.4 is 5.32 Å². The number of anilines is 1. The van der Waals surface area contributed by atoms with Gasteiger partial charge < -0.3 is 10.8 Å². The summed E-state index contributed by atoms with van der Waals surface area (Å²) in [6, 6.07) is 8.36. The summed E-state index contributed by atoms with van der Waals surface area (Å²) in [7, 11) is 0. The molecule has 1 aromatic rings. The molecule has 0 unspecified atom stereocenters. The molecule has 1 aliphatic heterocycles. The van der Waals surface area contributed by atoms with Gasteiger partial charge in [0, 0.05) is 5.69 Å². The molecule has 0 saturated heterocycles. The van der Waals surface area contributed by atoms with Crippen LogP contribution in [0, 0.1) is 0 Å². The Morgan fingerprint density at radius 2 is 2.00 bits per heavy atom. The molecule has 11 heavy (non-hydrogen) atoms. The molecule has 0 spiro atoms. The zero-order valence-electron chi connectivity index (χ0n) is 6.17. The van der Waals surface area contributed by atoms with E-state index < -0.39 is 0 Å². The summed E-state index contributed by atoms with van der Waals surface area (Å²) >= 11 is 0. The minimum absolute atomic E-state index is 0. The van der Waals surface area contributed by atoms with E-state index in [1.807, 2.05) is 12.3 Å².